The maximum Gasteiger partial charge on any atom is 0.132 e. The zero-order chi connectivity index (χ0) is 13.1. The van der Waals surface area contributed by atoms with Crippen molar-refractivity contribution in [1.82, 2.24) is 4.57 Å². The van der Waals surface area contributed by atoms with Crippen molar-refractivity contribution in [2.75, 3.05) is 0 Å². The highest BCUT2D eigenvalue weighted by Gasteiger charge is 2.07. The summed E-state index contributed by atoms with van der Waals surface area (Å²) in [6.07, 6.45) is 4.08. The molecule has 0 spiro atoms. The van der Waals surface area contributed by atoms with Crippen LogP contribution in [-0.4, -0.2) is 10.4 Å². The summed E-state index contributed by atoms with van der Waals surface area (Å²) in [5.41, 5.74) is 1.02. The highest BCUT2D eigenvalue weighted by atomic mass is 35.5. The second-order valence-corrected chi connectivity index (χ2v) is 5.17. The first-order valence-electron chi connectivity index (χ1n) is 6.07. The van der Waals surface area contributed by atoms with Gasteiger partial charge in [0, 0.05) is 36.0 Å². The van der Waals surface area contributed by atoms with E-state index in [-0.39, 0.29) is 0 Å². The standard InChI is InChI=1S/C14H15Cl2NO/c1-2-11(18)4-3-6-17-7-5-12-13(16)8-10(15)9-14(12)17/h5,7-9H,2-4,6H2,1H3. The predicted octanol–water partition coefficient (Wildman–Crippen LogP) is 4.71. The van der Waals surface area contributed by atoms with Crippen LogP contribution in [0, 0.1) is 0 Å². The molecule has 18 heavy (non-hydrogen) atoms. The van der Waals surface area contributed by atoms with E-state index in [0.29, 0.717) is 28.7 Å². The first kappa shape index (κ1) is 13.4. The number of hydrogen-bond donors (Lipinski definition) is 0. The second-order valence-electron chi connectivity index (χ2n) is 4.33. The molecular formula is C14H15Cl2NO. The summed E-state index contributed by atoms with van der Waals surface area (Å²) in [4.78, 5) is 11.3. The smallest absolute Gasteiger partial charge is 0.132 e. The molecule has 0 fully saturated rings. The van der Waals surface area contributed by atoms with E-state index in [4.69, 9.17) is 23.2 Å². The van der Waals surface area contributed by atoms with E-state index in [2.05, 4.69) is 4.57 Å². The minimum Gasteiger partial charge on any atom is -0.347 e. The number of carbonyl (C=O) groups is 1. The van der Waals surface area contributed by atoms with E-state index in [9.17, 15) is 4.79 Å². The Morgan fingerprint density at radius 3 is 2.83 bits per heavy atom. The molecule has 0 aliphatic carbocycles. The number of aryl methyl sites for hydroxylation is 1. The van der Waals surface area contributed by atoms with Crippen molar-refractivity contribution in [3.63, 3.8) is 0 Å². The molecule has 1 aromatic heterocycles. The molecule has 0 saturated carbocycles. The number of hydrogen-bond acceptors (Lipinski definition) is 1. The van der Waals surface area contributed by atoms with Gasteiger partial charge in [-0.3, -0.25) is 4.79 Å². The lowest BCUT2D eigenvalue weighted by Gasteiger charge is -2.05. The molecule has 0 N–H and O–H groups in total. The maximum absolute atomic E-state index is 11.3. The van der Waals surface area contributed by atoms with Gasteiger partial charge in [0.15, 0.2) is 0 Å². The van der Waals surface area contributed by atoms with Crippen LogP contribution in [0.2, 0.25) is 10.0 Å². The molecule has 96 valence electrons. The van der Waals surface area contributed by atoms with Crippen LogP contribution in [0.3, 0.4) is 0 Å². The first-order valence-corrected chi connectivity index (χ1v) is 6.83. The van der Waals surface area contributed by atoms with E-state index in [0.717, 1.165) is 23.9 Å². The number of ketones is 1. The van der Waals surface area contributed by atoms with Crippen molar-refractivity contribution in [2.45, 2.75) is 32.7 Å². The lowest BCUT2D eigenvalue weighted by Crippen LogP contribution is -2.00. The number of Topliss-reactive ketones (excluding diaryl/α,β-unsaturated/α-hetero) is 1. The van der Waals surface area contributed by atoms with Crippen molar-refractivity contribution >= 4 is 39.9 Å². The molecule has 0 amide bonds. The van der Waals surface area contributed by atoms with Crippen LogP contribution >= 0.6 is 23.2 Å². The Morgan fingerprint density at radius 2 is 2.11 bits per heavy atom. The fraction of sp³-hybridized carbons (Fsp3) is 0.357. The van der Waals surface area contributed by atoms with Crippen molar-refractivity contribution in [3.8, 4) is 0 Å². The van der Waals surface area contributed by atoms with Gasteiger partial charge in [-0.1, -0.05) is 30.1 Å². The van der Waals surface area contributed by atoms with Crippen molar-refractivity contribution < 1.29 is 4.79 Å². The Morgan fingerprint density at radius 1 is 1.33 bits per heavy atom. The van der Waals surface area contributed by atoms with E-state index in [1.54, 1.807) is 6.07 Å². The number of nitrogens with zero attached hydrogens (tertiary/aromatic N) is 1. The number of benzene rings is 1. The Bertz CT molecular complexity index is 574. The maximum atomic E-state index is 11.3. The summed E-state index contributed by atoms with van der Waals surface area (Å²) in [6.45, 7) is 2.71. The molecule has 0 unspecified atom stereocenters. The molecule has 0 saturated heterocycles. The SMILES string of the molecule is CCC(=O)CCCn1ccc2c(Cl)cc(Cl)cc21. The van der Waals surface area contributed by atoms with Crippen LogP contribution < -0.4 is 0 Å². The van der Waals surface area contributed by atoms with Gasteiger partial charge in [0.2, 0.25) is 0 Å². The van der Waals surface area contributed by atoms with Crippen LogP contribution in [0.25, 0.3) is 10.9 Å². The van der Waals surface area contributed by atoms with Crippen LogP contribution in [0.4, 0.5) is 0 Å². The normalized spacial score (nSPS) is 11.1. The summed E-state index contributed by atoms with van der Waals surface area (Å²) >= 11 is 12.1. The van der Waals surface area contributed by atoms with Crippen LogP contribution in [-0.2, 0) is 11.3 Å². The summed E-state index contributed by atoms with van der Waals surface area (Å²) in [7, 11) is 0. The summed E-state index contributed by atoms with van der Waals surface area (Å²) < 4.78 is 2.09. The Balaban J connectivity index is 2.16. The van der Waals surface area contributed by atoms with Gasteiger partial charge in [0.1, 0.15) is 5.78 Å². The van der Waals surface area contributed by atoms with Gasteiger partial charge >= 0.3 is 0 Å². The van der Waals surface area contributed by atoms with E-state index >= 15 is 0 Å². The van der Waals surface area contributed by atoms with Gasteiger partial charge in [-0.25, -0.2) is 0 Å². The average molecular weight is 284 g/mol. The number of aromatic nitrogens is 1. The third-order valence-corrected chi connectivity index (χ3v) is 3.58. The van der Waals surface area contributed by atoms with Gasteiger partial charge in [-0.2, -0.15) is 0 Å². The van der Waals surface area contributed by atoms with Crippen molar-refractivity contribution in [1.29, 1.82) is 0 Å². The van der Waals surface area contributed by atoms with E-state index < -0.39 is 0 Å². The predicted molar refractivity (Wildman–Crippen MR) is 76.5 cm³/mol. The zero-order valence-corrected chi connectivity index (χ0v) is 11.8. The Kier molecular flexibility index (Phi) is 4.31. The second kappa shape index (κ2) is 5.77. The largest absolute Gasteiger partial charge is 0.347 e. The fourth-order valence-electron chi connectivity index (χ4n) is 2.04. The highest BCUT2D eigenvalue weighted by molar-refractivity contribution is 6.38. The molecule has 2 rings (SSSR count). The third kappa shape index (κ3) is 2.88. The summed E-state index contributed by atoms with van der Waals surface area (Å²) in [5.74, 6) is 0.308. The lowest BCUT2D eigenvalue weighted by atomic mass is 10.2. The Hall–Kier alpha value is -0.990. The molecule has 0 aliphatic rings. The van der Waals surface area contributed by atoms with E-state index in [1.165, 1.54) is 0 Å². The number of halogens is 2. The van der Waals surface area contributed by atoms with Crippen LogP contribution in [0.5, 0.6) is 0 Å². The number of rotatable bonds is 5. The van der Waals surface area contributed by atoms with Gasteiger partial charge in [-0.15, -0.1) is 0 Å². The molecule has 1 heterocycles. The van der Waals surface area contributed by atoms with E-state index in [1.807, 2.05) is 25.3 Å². The van der Waals surface area contributed by atoms with Crippen molar-refractivity contribution in [3.05, 3.63) is 34.4 Å². The monoisotopic (exact) mass is 283 g/mol. The zero-order valence-electron chi connectivity index (χ0n) is 10.2. The fourth-order valence-corrected chi connectivity index (χ4v) is 2.58. The molecule has 2 aromatic rings. The summed E-state index contributed by atoms with van der Waals surface area (Å²) in [5, 5.41) is 2.31. The quantitative estimate of drug-likeness (QED) is 0.779. The van der Waals surface area contributed by atoms with Crippen LogP contribution in [0.15, 0.2) is 24.4 Å². The van der Waals surface area contributed by atoms with Gasteiger partial charge < -0.3 is 4.57 Å². The summed E-state index contributed by atoms with van der Waals surface area (Å²) in [6, 6.07) is 5.64. The highest BCUT2D eigenvalue weighted by Crippen LogP contribution is 2.28. The molecule has 0 bridgehead atoms. The average Bonchev–Trinajstić information content (AvgIpc) is 2.72. The lowest BCUT2D eigenvalue weighted by molar-refractivity contribution is -0.118. The first-order chi connectivity index (χ1) is 8.61. The minimum atomic E-state index is 0.308. The molecule has 0 atom stereocenters. The number of carbonyl (C=O) groups excluding carboxylic acids is 1. The number of fused-ring (bicyclic) bond motifs is 1. The van der Waals surface area contributed by atoms with Gasteiger partial charge in [-0.05, 0) is 24.6 Å². The van der Waals surface area contributed by atoms with Gasteiger partial charge in [0.25, 0.3) is 0 Å². The minimum absolute atomic E-state index is 0.308. The van der Waals surface area contributed by atoms with Crippen LogP contribution in [0.1, 0.15) is 26.2 Å². The molecular weight excluding hydrogens is 269 g/mol. The molecule has 0 radical (unpaired) electrons. The molecule has 2 nitrogen and oxygen atoms in total. The molecule has 0 aliphatic heterocycles. The topological polar surface area (TPSA) is 22.0 Å². The third-order valence-electron chi connectivity index (χ3n) is 3.05. The molecule has 4 heteroatoms. The van der Waals surface area contributed by atoms with Gasteiger partial charge in [0.05, 0.1) is 10.5 Å². The Labute approximate surface area is 116 Å². The van der Waals surface area contributed by atoms with Crippen molar-refractivity contribution in [2.24, 2.45) is 0 Å². The molecule has 1 aromatic carbocycles.